The molecule has 124 valence electrons. The van der Waals surface area contributed by atoms with Crippen molar-refractivity contribution in [2.45, 2.75) is 33.1 Å². The molecule has 0 spiro atoms. The van der Waals surface area contributed by atoms with Gasteiger partial charge in [-0.3, -0.25) is 4.99 Å². The predicted molar refractivity (Wildman–Crippen MR) is 94.8 cm³/mol. The Kier molecular flexibility index (Phi) is 7.12. The van der Waals surface area contributed by atoms with Crippen molar-refractivity contribution in [2.75, 3.05) is 39.8 Å². The van der Waals surface area contributed by atoms with E-state index in [-0.39, 0.29) is 0 Å². The molecule has 2 N–H and O–H groups in total. The molecule has 1 aliphatic heterocycles. The van der Waals surface area contributed by atoms with Crippen LogP contribution in [0, 0.1) is 12.8 Å². The Labute approximate surface area is 138 Å². The van der Waals surface area contributed by atoms with Crippen LogP contribution in [0.2, 0.25) is 0 Å². The Morgan fingerprint density at radius 1 is 1.50 bits per heavy atom. The molecular weight excluding hydrogens is 294 g/mol. The molecule has 0 aliphatic carbocycles. The molecule has 5 nitrogen and oxygen atoms in total. The van der Waals surface area contributed by atoms with Gasteiger partial charge in [0.25, 0.3) is 0 Å². The smallest absolute Gasteiger partial charge is 0.191 e. The van der Waals surface area contributed by atoms with Crippen LogP contribution in [-0.4, -0.2) is 55.6 Å². The molecule has 2 rings (SSSR count). The van der Waals surface area contributed by atoms with Gasteiger partial charge in [-0.25, -0.2) is 4.98 Å². The van der Waals surface area contributed by atoms with Gasteiger partial charge >= 0.3 is 0 Å². The van der Waals surface area contributed by atoms with Gasteiger partial charge in [0.2, 0.25) is 0 Å². The second-order valence-electron chi connectivity index (χ2n) is 5.95. The maximum Gasteiger partial charge on any atom is 0.191 e. The first kappa shape index (κ1) is 17.2. The monoisotopic (exact) mass is 323 g/mol. The maximum absolute atomic E-state index is 4.39. The zero-order valence-corrected chi connectivity index (χ0v) is 14.9. The third-order valence-corrected chi connectivity index (χ3v) is 4.96. The van der Waals surface area contributed by atoms with Crippen LogP contribution in [0.3, 0.4) is 0 Å². The lowest BCUT2D eigenvalue weighted by atomic mass is 10.1. The summed E-state index contributed by atoms with van der Waals surface area (Å²) in [5.41, 5.74) is 0. The SMILES string of the molecule is CCCN1CCC(CNC(=NC)NCCc2ncc(C)s2)C1. The molecule has 1 fully saturated rings. The molecule has 1 unspecified atom stereocenters. The third-order valence-electron chi connectivity index (χ3n) is 3.99. The molecule has 0 bridgehead atoms. The van der Waals surface area contributed by atoms with Crippen molar-refractivity contribution in [1.82, 2.24) is 20.5 Å². The lowest BCUT2D eigenvalue weighted by Gasteiger charge is -2.16. The molecule has 0 saturated carbocycles. The fraction of sp³-hybridized carbons (Fsp3) is 0.750. The van der Waals surface area contributed by atoms with Crippen LogP contribution in [0.25, 0.3) is 0 Å². The number of nitrogens with zero attached hydrogens (tertiary/aromatic N) is 3. The van der Waals surface area contributed by atoms with Crippen molar-refractivity contribution < 1.29 is 0 Å². The van der Waals surface area contributed by atoms with Crippen LogP contribution < -0.4 is 10.6 Å². The van der Waals surface area contributed by atoms with Crippen molar-refractivity contribution in [2.24, 2.45) is 10.9 Å². The second kappa shape index (κ2) is 9.10. The number of rotatable bonds is 7. The van der Waals surface area contributed by atoms with Gasteiger partial charge in [0.05, 0.1) is 5.01 Å². The van der Waals surface area contributed by atoms with Crippen LogP contribution in [0.4, 0.5) is 0 Å². The summed E-state index contributed by atoms with van der Waals surface area (Å²) in [6.45, 7) is 9.93. The van der Waals surface area contributed by atoms with Crippen molar-refractivity contribution in [3.63, 3.8) is 0 Å². The number of nitrogens with one attached hydrogen (secondary N) is 2. The van der Waals surface area contributed by atoms with Gasteiger partial charge in [-0.1, -0.05) is 6.92 Å². The number of hydrogen-bond acceptors (Lipinski definition) is 4. The quantitative estimate of drug-likeness (QED) is 0.594. The number of thiazole rings is 1. The summed E-state index contributed by atoms with van der Waals surface area (Å²) in [5.74, 6) is 1.65. The van der Waals surface area contributed by atoms with E-state index in [1.54, 1.807) is 11.3 Å². The van der Waals surface area contributed by atoms with Gasteiger partial charge in [-0.2, -0.15) is 0 Å². The minimum absolute atomic E-state index is 0.742. The molecule has 0 radical (unpaired) electrons. The Morgan fingerprint density at radius 3 is 3.05 bits per heavy atom. The summed E-state index contributed by atoms with van der Waals surface area (Å²) in [6.07, 6.45) is 5.43. The molecule has 1 atom stereocenters. The van der Waals surface area contributed by atoms with Gasteiger partial charge < -0.3 is 15.5 Å². The van der Waals surface area contributed by atoms with Gasteiger partial charge in [0.15, 0.2) is 5.96 Å². The van der Waals surface area contributed by atoms with E-state index in [1.807, 2.05) is 13.2 Å². The number of aryl methyl sites for hydroxylation is 1. The summed E-state index contributed by atoms with van der Waals surface area (Å²) >= 11 is 1.77. The Balaban J connectivity index is 1.63. The van der Waals surface area contributed by atoms with E-state index in [4.69, 9.17) is 0 Å². The van der Waals surface area contributed by atoms with E-state index in [0.717, 1.165) is 31.4 Å². The normalized spacial score (nSPS) is 19.6. The second-order valence-corrected chi connectivity index (χ2v) is 7.27. The minimum atomic E-state index is 0.742. The van der Waals surface area contributed by atoms with Crippen molar-refractivity contribution in [3.05, 3.63) is 16.1 Å². The van der Waals surface area contributed by atoms with Gasteiger partial charge in [-0.05, 0) is 38.8 Å². The largest absolute Gasteiger partial charge is 0.356 e. The first-order valence-corrected chi connectivity index (χ1v) is 9.11. The van der Waals surface area contributed by atoms with E-state index >= 15 is 0 Å². The third kappa shape index (κ3) is 5.57. The summed E-state index contributed by atoms with van der Waals surface area (Å²) < 4.78 is 0. The van der Waals surface area contributed by atoms with Gasteiger partial charge in [-0.15, -0.1) is 11.3 Å². The average Bonchev–Trinajstić information content (AvgIpc) is 3.12. The number of guanidine groups is 1. The fourth-order valence-electron chi connectivity index (χ4n) is 2.87. The van der Waals surface area contributed by atoms with Crippen LogP contribution >= 0.6 is 11.3 Å². The molecule has 1 aromatic rings. The first-order valence-electron chi connectivity index (χ1n) is 8.29. The molecule has 22 heavy (non-hydrogen) atoms. The lowest BCUT2D eigenvalue weighted by molar-refractivity contribution is 0.324. The van der Waals surface area contributed by atoms with Crippen LogP contribution in [0.1, 0.15) is 29.7 Å². The summed E-state index contributed by atoms with van der Waals surface area (Å²) in [7, 11) is 1.83. The Bertz CT molecular complexity index is 471. The highest BCUT2D eigenvalue weighted by molar-refractivity contribution is 7.11. The van der Waals surface area contributed by atoms with E-state index in [1.165, 1.54) is 42.4 Å². The predicted octanol–water partition coefficient (Wildman–Crippen LogP) is 1.89. The fourth-order valence-corrected chi connectivity index (χ4v) is 3.65. The highest BCUT2D eigenvalue weighted by Gasteiger charge is 2.21. The molecule has 2 heterocycles. The summed E-state index contributed by atoms with van der Waals surface area (Å²) in [6, 6.07) is 0. The van der Waals surface area contributed by atoms with E-state index in [9.17, 15) is 0 Å². The lowest BCUT2D eigenvalue weighted by Crippen LogP contribution is -2.41. The number of aliphatic imine (C=N–C) groups is 1. The molecule has 0 aromatic carbocycles. The van der Waals surface area contributed by atoms with Crippen LogP contribution in [0.5, 0.6) is 0 Å². The molecule has 1 saturated heterocycles. The standard InChI is InChI=1S/C16H29N5S/c1-4-8-21-9-6-14(12-21)11-20-16(17-3)18-7-5-15-19-10-13(2)22-15/h10,14H,4-9,11-12H2,1-3H3,(H2,17,18,20). The summed E-state index contributed by atoms with van der Waals surface area (Å²) in [4.78, 5) is 12.5. The molecule has 6 heteroatoms. The topological polar surface area (TPSA) is 52.5 Å². The molecule has 1 aromatic heterocycles. The van der Waals surface area contributed by atoms with Crippen LogP contribution in [0.15, 0.2) is 11.2 Å². The van der Waals surface area contributed by atoms with E-state index in [0.29, 0.717) is 0 Å². The molecular formula is C16H29N5S. The van der Waals surface area contributed by atoms with Gasteiger partial charge in [0, 0.05) is 44.2 Å². The minimum Gasteiger partial charge on any atom is -0.356 e. The zero-order valence-electron chi connectivity index (χ0n) is 14.1. The number of aromatic nitrogens is 1. The Hall–Kier alpha value is -1.14. The zero-order chi connectivity index (χ0) is 15.8. The Morgan fingerprint density at radius 2 is 2.36 bits per heavy atom. The number of hydrogen-bond donors (Lipinski definition) is 2. The van der Waals surface area contributed by atoms with Crippen molar-refractivity contribution >= 4 is 17.3 Å². The van der Waals surface area contributed by atoms with Crippen molar-refractivity contribution in [1.29, 1.82) is 0 Å². The average molecular weight is 324 g/mol. The summed E-state index contributed by atoms with van der Waals surface area (Å²) in [5, 5.41) is 8.03. The van der Waals surface area contributed by atoms with E-state index < -0.39 is 0 Å². The van der Waals surface area contributed by atoms with E-state index in [2.05, 4.69) is 39.4 Å². The number of likely N-dealkylation sites (tertiary alicyclic amines) is 1. The van der Waals surface area contributed by atoms with Crippen LogP contribution in [-0.2, 0) is 6.42 Å². The highest BCUT2D eigenvalue weighted by atomic mass is 32.1. The maximum atomic E-state index is 4.39. The molecule has 0 amide bonds. The first-order chi connectivity index (χ1) is 10.7. The molecule has 1 aliphatic rings. The van der Waals surface area contributed by atoms with Crippen molar-refractivity contribution in [3.8, 4) is 0 Å². The van der Waals surface area contributed by atoms with Gasteiger partial charge in [0.1, 0.15) is 0 Å². The highest BCUT2D eigenvalue weighted by Crippen LogP contribution is 2.15.